The highest BCUT2D eigenvalue weighted by atomic mass is 35.5. The molecule has 3 aliphatic rings. The van der Waals surface area contributed by atoms with Crippen molar-refractivity contribution in [2.75, 3.05) is 25.1 Å². The highest BCUT2D eigenvalue weighted by Crippen LogP contribution is 2.59. The van der Waals surface area contributed by atoms with E-state index in [0.29, 0.717) is 17.3 Å². The van der Waals surface area contributed by atoms with Gasteiger partial charge in [-0.2, -0.15) is 0 Å². The van der Waals surface area contributed by atoms with Gasteiger partial charge in [-0.1, -0.05) is 54.1 Å². The largest absolute Gasteiger partial charge is 0.497 e. The van der Waals surface area contributed by atoms with Crippen molar-refractivity contribution in [1.29, 1.82) is 0 Å². The Morgan fingerprint density at radius 3 is 2.29 bits per heavy atom. The van der Waals surface area contributed by atoms with Crippen molar-refractivity contribution in [2.24, 2.45) is 5.92 Å². The average Bonchev–Trinajstić information content (AvgIpc) is 3.51. The Kier molecular flexibility index (Phi) is 4.99. The fraction of sp³-hybridized carbons (Fsp3) is 0.259. The van der Waals surface area contributed by atoms with Gasteiger partial charge in [0.2, 0.25) is 5.91 Å². The van der Waals surface area contributed by atoms with Crippen LogP contribution in [0, 0.1) is 5.92 Å². The minimum atomic E-state index is -1.10. The molecule has 172 valence electrons. The molecule has 34 heavy (non-hydrogen) atoms. The second-order valence-electron chi connectivity index (χ2n) is 8.92. The van der Waals surface area contributed by atoms with E-state index in [0.717, 1.165) is 29.8 Å². The number of imide groups is 1. The Balaban J connectivity index is 1.57. The molecule has 3 aromatic carbocycles. The Morgan fingerprint density at radius 2 is 1.62 bits per heavy atom. The Morgan fingerprint density at radius 1 is 0.912 bits per heavy atom. The van der Waals surface area contributed by atoms with Gasteiger partial charge in [-0.05, 0) is 53.9 Å². The number of fused-ring (bicyclic) bond motifs is 3. The average molecular weight is 474 g/mol. The molecule has 6 nitrogen and oxygen atoms in total. The molecule has 0 aromatic heterocycles. The third-order valence-electron chi connectivity index (χ3n) is 7.33. The number of carbonyl (C=O) groups is 2. The normalized spacial score (nSPS) is 26.7. The van der Waals surface area contributed by atoms with Crippen LogP contribution in [0.1, 0.15) is 23.6 Å². The molecule has 3 atom stereocenters. The maximum atomic E-state index is 14.4. The summed E-state index contributed by atoms with van der Waals surface area (Å²) in [6.45, 7) is 1.51. The van der Waals surface area contributed by atoms with Gasteiger partial charge in [0.1, 0.15) is 5.75 Å². The van der Waals surface area contributed by atoms with E-state index < -0.39 is 11.5 Å². The molecule has 3 saturated heterocycles. The number of hydrogen-bond donors (Lipinski definition) is 0. The molecule has 0 bridgehead atoms. The van der Waals surface area contributed by atoms with Crippen molar-refractivity contribution in [1.82, 2.24) is 10.0 Å². The molecule has 0 spiro atoms. The zero-order valence-corrected chi connectivity index (χ0v) is 19.5. The highest BCUT2D eigenvalue weighted by Gasteiger charge is 2.73. The molecule has 3 aliphatic heterocycles. The molecular formula is C27H24ClN3O3. The van der Waals surface area contributed by atoms with Crippen LogP contribution in [0.4, 0.5) is 5.69 Å². The number of hydrogen-bond acceptors (Lipinski definition) is 5. The summed E-state index contributed by atoms with van der Waals surface area (Å²) >= 11 is 6.10. The topological polar surface area (TPSA) is 53.1 Å². The van der Waals surface area contributed by atoms with Crippen LogP contribution in [0.15, 0.2) is 78.9 Å². The molecular weight excluding hydrogens is 450 g/mol. The minimum Gasteiger partial charge on any atom is -0.497 e. The van der Waals surface area contributed by atoms with E-state index in [1.165, 1.54) is 4.90 Å². The van der Waals surface area contributed by atoms with Gasteiger partial charge < -0.3 is 4.74 Å². The first-order valence-electron chi connectivity index (χ1n) is 11.4. The maximum absolute atomic E-state index is 14.4. The molecule has 3 fully saturated rings. The van der Waals surface area contributed by atoms with Crippen LogP contribution in [0.2, 0.25) is 5.02 Å². The summed E-state index contributed by atoms with van der Waals surface area (Å²) < 4.78 is 5.35. The lowest BCUT2D eigenvalue weighted by Crippen LogP contribution is -2.52. The SMILES string of the molecule is COc1ccc(C2C3C(=O)N(c4ccc(Cl)cc4)C(=O)C3(c3ccccc3)N3CCCN23)cc1. The first kappa shape index (κ1) is 21.4. The molecule has 0 aliphatic carbocycles. The predicted octanol–water partition coefficient (Wildman–Crippen LogP) is 4.41. The fourth-order valence-electron chi connectivity index (χ4n) is 5.97. The van der Waals surface area contributed by atoms with Gasteiger partial charge in [-0.25, -0.2) is 14.9 Å². The van der Waals surface area contributed by atoms with E-state index in [-0.39, 0.29) is 17.9 Å². The lowest BCUT2D eigenvalue weighted by molar-refractivity contribution is -0.134. The number of anilines is 1. The van der Waals surface area contributed by atoms with E-state index in [1.807, 2.05) is 54.6 Å². The van der Waals surface area contributed by atoms with Crippen molar-refractivity contribution < 1.29 is 14.3 Å². The summed E-state index contributed by atoms with van der Waals surface area (Å²) in [5, 5.41) is 4.94. The first-order chi connectivity index (χ1) is 16.6. The molecule has 3 aromatic rings. The van der Waals surface area contributed by atoms with Crippen LogP contribution in [0.5, 0.6) is 5.75 Å². The third-order valence-corrected chi connectivity index (χ3v) is 7.58. The van der Waals surface area contributed by atoms with E-state index in [2.05, 4.69) is 10.0 Å². The van der Waals surface area contributed by atoms with Gasteiger partial charge in [0, 0.05) is 18.1 Å². The standard InChI is InChI=1S/C27H24ClN3O3/c1-34-22-14-8-18(9-15-22)24-23-25(32)31(21-12-10-20(28)11-13-21)26(33)27(23,19-6-3-2-4-7-19)30-17-5-16-29(24)30/h2-4,6-15,23-24H,5,16-17H2,1H3. The van der Waals surface area contributed by atoms with Crippen molar-refractivity contribution >= 4 is 29.1 Å². The third kappa shape index (κ3) is 2.83. The number of methoxy groups -OCH3 is 1. The van der Waals surface area contributed by atoms with Crippen LogP contribution in [-0.4, -0.2) is 42.0 Å². The van der Waals surface area contributed by atoms with E-state index in [9.17, 15) is 9.59 Å². The van der Waals surface area contributed by atoms with Crippen LogP contribution < -0.4 is 9.64 Å². The molecule has 0 N–H and O–H groups in total. The van der Waals surface area contributed by atoms with Gasteiger partial charge in [0.05, 0.1) is 24.8 Å². The van der Waals surface area contributed by atoms with Gasteiger partial charge >= 0.3 is 0 Å². The van der Waals surface area contributed by atoms with Crippen LogP contribution in [0.25, 0.3) is 0 Å². The summed E-state index contributed by atoms with van der Waals surface area (Å²) in [7, 11) is 1.64. The van der Waals surface area contributed by atoms with Crippen molar-refractivity contribution in [2.45, 2.75) is 18.0 Å². The minimum absolute atomic E-state index is 0.189. The van der Waals surface area contributed by atoms with E-state index in [4.69, 9.17) is 16.3 Å². The summed E-state index contributed by atoms with van der Waals surface area (Å²) in [4.78, 5) is 30.0. The van der Waals surface area contributed by atoms with Gasteiger partial charge in [-0.3, -0.25) is 9.59 Å². The molecule has 0 radical (unpaired) electrons. The number of halogens is 1. The maximum Gasteiger partial charge on any atom is 0.261 e. The van der Waals surface area contributed by atoms with Gasteiger partial charge in [0.15, 0.2) is 5.54 Å². The Labute approximate surface area is 203 Å². The number of ether oxygens (including phenoxy) is 1. The molecule has 3 heterocycles. The van der Waals surface area contributed by atoms with Crippen molar-refractivity contribution in [3.63, 3.8) is 0 Å². The monoisotopic (exact) mass is 473 g/mol. The number of rotatable bonds is 4. The van der Waals surface area contributed by atoms with E-state index >= 15 is 0 Å². The Hall–Kier alpha value is -3.19. The van der Waals surface area contributed by atoms with Crippen LogP contribution >= 0.6 is 11.6 Å². The number of amides is 2. The molecule has 7 heteroatoms. The highest BCUT2D eigenvalue weighted by molar-refractivity contribution is 6.31. The lowest BCUT2D eigenvalue weighted by Gasteiger charge is -2.36. The smallest absolute Gasteiger partial charge is 0.261 e. The molecule has 2 amide bonds. The summed E-state index contributed by atoms with van der Waals surface area (Å²) in [5.41, 5.74) is 1.29. The summed E-state index contributed by atoms with van der Waals surface area (Å²) in [6, 6.07) is 24.2. The van der Waals surface area contributed by atoms with Gasteiger partial charge in [-0.15, -0.1) is 0 Å². The lowest BCUT2D eigenvalue weighted by atomic mass is 9.75. The van der Waals surface area contributed by atoms with E-state index in [1.54, 1.807) is 31.4 Å². The second kappa shape index (κ2) is 7.94. The van der Waals surface area contributed by atoms with Crippen molar-refractivity contribution in [3.8, 4) is 5.75 Å². The van der Waals surface area contributed by atoms with Gasteiger partial charge in [0.25, 0.3) is 5.91 Å². The number of benzene rings is 3. The number of hydrazine groups is 1. The van der Waals surface area contributed by atoms with Crippen LogP contribution in [-0.2, 0) is 15.1 Å². The summed E-state index contributed by atoms with van der Waals surface area (Å²) in [6.07, 6.45) is 0.927. The zero-order valence-electron chi connectivity index (χ0n) is 18.7. The Bertz CT molecular complexity index is 1250. The predicted molar refractivity (Wildman–Crippen MR) is 129 cm³/mol. The zero-order chi connectivity index (χ0) is 23.4. The molecule has 0 saturated carbocycles. The molecule has 3 unspecified atom stereocenters. The fourth-order valence-corrected chi connectivity index (χ4v) is 6.10. The second-order valence-corrected chi connectivity index (χ2v) is 9.36. The summed E-state index contributed by atoms with van der Waals surface area (Å²) in [5.74, 6) is -0.233. The molecule has 6 rings (SSSR count). The van der Waals surface area contributed by atoms with Crippen LogP contribution in [0.3, 0.4) is 0 Å². The number of nitrogens with zero attached hydrogens (tertiary/aromatic N) is 3. The first-order valence-corrected chi connectivity index (χ1v) is 11.8. The quantitative estimate of drug-likeness (QED) is 0.525. The number of carbonyl (C=O) groups excluding carboxylic acids is 2. The van der Waals surface area contributed by atoms with Crippen molar-refractivity contribution in [3.05, 3.63) is 95.0 Å².